The molecule has 0 spiro atoms. The van der Waals surface area contributed by atoms with Crippen molar-refractivity contribution in [2.45, 2.75) is 44.8 Å². The molecule has 0 aromatic heterocycles. The molecule has 3 N–H and O–H groups in total. The van der Waals surface area contributed by atoms with E-state index < -0.39 is 17.9 Å². The average molecular weight is 244 g/mol. The highest BCUT2D eigenvalue weighted by molar-refractivity contribution is 5.77. The summed E-state index contributed by atoms with van der Waals surface area (Å²) in [5.74, 6) is -1.56. The van der Waals surface area contributed by atoms with E-state index in [1.807, 2.05) is 6.92 Å². The van der Waals surface area contributed by atoms with Gasteiger partial charge in [0.2, 0.25) is 5.91 Å². The lowest BCUT2D eigenvalue weighted by atomic mass is 10.1. The number of hydrogen-bond donors (Lipinski definition) is 2. The number of carbonyl (C=O) groups excluding carboxylic acids is 1. The molecule has 1 aliphatic rings. The van der Waals surface area contributed by atoms with E-state index >= 15 is 0 Å². The Morgan fingerprint density at radius 2 is 2.06 bits per heavy atom. The molecule has 1 rings (SSSR count). The van der Waals surface area contributed by atoms with Gasteiger partial charge in [0.05, 0.1) is 0 Å². The van der Waals surface area contributed by atoms with Crippen molar-refractivity contribution in [1.29, 1.82) is 0 Å². The van der Waals surface area contributed by atoms with Crippen LogP contribution in [0.5, 0.6) is 0 Å². The third-order valence-corrected chi connectivity index (χ3v) is 3.33. The molecule has 0 radical (unpaired) electrons. The molecule has 0 saturated carbocycles. The van der Waals surface area contributed by atoms with Gasteiger partial charge in [0.15, 0.2) is 0 Å². The van der Waals surface area contributed by atoms with Crippen molar-refractivity contribution in [3.63, 3.8) is 0 Å². The topological polar surface area (TPSA) is 110 Å². The maximum Gasteiger partial charge on any atom is 0.320 e. The Kier molecular flexibility index (Phi) is 4.44. The fourth-order valence-electron chi connectivity index (χ4n) is 2.03. The largest absolute Gasteiger partial charge is 0.784 e. The summed E-state index contributed by atoms with van der Waals surface area (Å²) in [6.07, 6.45) is 0.142. The van der Waals surface area contributed by atoms with Crippen molar-refractivity contribution < 1.29 is 14.7 Å². The van der Waals surface area contributed by atoms with Crippen LogP contribution in [0.1, 0.15) is 26.7 Å². The quantitative estimate of drug-likeness (QED) is 0.678. The van der Waals surface area contributed by atoms with Gasteiger partial charge in [-0.2, -0.15) is 0 Å². The van der Waals surface area contributed by atoms with Crippen LogP contribution in [0.2, 0.25) is 0 Å². The van der Waals surface area contributed by atoms with Crippen LogP contribution in [-0.4, -0.2) is 51.7 Å². The Morgan fingerprint density at radius 3 is 2.41 bits per heavy atom. The van der Waals surface area contributed by atoms with Crippen LogP contribution < -0.4 is 5.73 Å². The number of nitrogens with zero attached hydrogens (tertiary/aromatic N) is 2. The molecule has 1 saturated heterocycles. The fourth-order valence-corrected chi connectivity index (χ4v) is 2.03. The first-order valence-corrected chi connectivity index (χ1v) is 5.55. The number of amides is 1. The van der Waals surface area contributed by atoms with Crippen LogP contribution in [0.3, 0.4) is 0 Å². The SMILES string of the molecule is CC1C(C)N([C@@H](CCC(N)=O)C(=O)O)CN1[O-]. The van der Waals surface area contributed by atoms with Crippen LogP contribution in [-0.2, 0) is 9.59 Å². The summed E-state index contributed by atoms with van der Waals surface area (Å²) in [5, 5.41) is 21.4. The van der Waals surface area contributed by atoms with Crippen molar-refractivity contribution in [2.24, 2.45) is 5.73 Å². The Bertz CT molecular complexity index is 310. The Hall–Kier alpha value is -1.18. The highest BCUT2D eigenvalue weighted by Gasteiger charge is 2.37. The Balaban J connectivity index is 2.71. The van der Waals surface area contributed by atoms with Gasteiger partial charge in [0.25, 0.3) is 0 Å². The van der Waals surface area contributed by atoms with E-state index in [4.69, 9.17) is 10.8 Å². The van der Waals surface area contributed by atoms with E-state index in [0.29, 0.717) is 0 Å². The number of hydroxylamine groups is 2. The maximum atomic E-state index is 11.5. The van der Waals surface area contributed by atoms with E-state index in [1.54, 1.807) is 11.8 Å². The van der Waals surface area contributed by atoms with Crippen LogP contribution in [0, 0.1) is 5.21 Å². The number of carboxylic acids is 1. The molecule has 7 nitrogen and oxygen atoms in total. The molecule has 7 heteroatoms. The number of hydrogen-bond acceptors (Lipinski definition) is 5. The molecule has 1 amide bonds. The van der Waals surface area contributed by atoms with Gasteiger partial charge in [-0.25, -0.2) is 0 Å². The van der Waals surface area contributed by atoms with Gasteiger partial charge in [-0.1, -0.05) is 0 Å². The predicted octanol–water partition coefficient (Wildman–Crippen LogP) is -0.445. The van der Waals surface area contributed by atoms with Crippen LogP contribution in [0.15, 0.2) is 0 Å². The average Bonchev–Trinajstić information content (AvgIpc) is 2.46. The number of carboxylic acid groups (broad SMARTS) is 1. The molecule has 0 aliphatic carbocycles. The molecule has 17 heavy (non-hydrogen) atoms. The molecule has 98 valence electrons. The van der Waals surface area contributed by atoms with Crippen molar-refractivity contribution in [2.75, 3.05) is 6.67 Å². The third kappa shape index (κ3) is 3.15. The van der Waals surface area contributed by atoms with E-state index in [2.05, 4.69) is 0 Å². The zero-order valence-corrected chi connectivity index (χ0v) is 10.00. The second-order valence-corrected chi connectivity index (χ2v) is 4.41. The van der Waals surface area contributed by atoms with E-state index in [-0.39, 0.29) is 31.6 Å². The highest BCUT2D eigenvalue weighted by atomic mass is 16.5. The fraction of sp³-hybridized carbons (Fsp3) is 0.800. The lowest BCUT2D eigenvalue weighted by molar-refractivity contribution is -0.144. The standard InChI is InChI=1S/C10H18N3O4/c1-6-7(2)13(17)5-12(6)8(10(15)16)3-4-9(11)14/h6-8H,3-5H2,1-2H3,(H2,11,14)(H,15,16)/q-1/t6?,7?,8-/m0/s1. The lowest BCUT2D eigenvalue weighted by Gasteiger charge is -2.28. The van der Waals surface area contributed by atoms with Crippen molar-refractivity contribution >= 4 is 11.9 Å². The van der Waals surface area contributed by atoms with E-state index in [0.717, 1.165) is 5.06 Å². The summed E-state index contributed by atoms with van der Waals surface area (Å²) in [6.45, 7) is 3.62. The smallest absolute Gasteiger partial charge is 0.320 e. The molecular formula is C10H18N3O4-. The van der Waals surface area contributed by atoms with Crippen LogP contribution in [0.25, 0.3) is 0 Å². The van der Waals surface area contributed by atoms with E-state index in [1.165, 1.54) is 0 Å². The van der Waals surface area contributed by atoms with Gasteiger partial charge < -0.3 is 21.1 Å². The van der Waals surface area contributed by atoms with Gasteiger partial charge in [-0.3, -0.25) is 14.5 Å². The molecule has 0 bridgehead atoms. The number of rotatable bonds is 5. The first kappa shape index (κ1) is 13.9. The minimum absolute atomic E-state index is 0.00737. The summed E-state index contributed by atoms with van der Waals surface area (Å²) >= 11 is 0. The monoisotopic (exact) mass is 244 g/mol. The predicted molar refractivity (Wildman–Crippen MR) is 60.7 cm³/mol. The van der Waals surface area contributed by atoms with Gasteiger partial charge in [0, 0.05) is 25.2 Å². The third-order valence-electron chi connectivity index (χ3n) is 3.33. The van der Waals surface area contributed by atoms with Gasteiger partial charge in [0.1, 0.15) is 6.04 Å². The van der Waals surface area contributed by atoms with Crippen molar-refractivity contribution in [1.82, 2.24) is 9.96 Å². The Morgan fingerprint density at radius 1 is 1.47 bits per heavy atom. The molecule has 0 aromatic carbocycles. The highest BCUT2D eigenvalue weighted by Crippen LogP contribution is 2.23. The second kappa shape index (κ2) is 5.44. The lowest BCUT2D eigenvalue weighted by Crippen LogP contribution is -2.45. The molecular weight excluding hydrogens is 226 g/mol. The maximum absolute atomic E-state index is 11.5. The molecule has 1 heterocycles. The Labute approximate surface area is 99.7 Å². The number of aliphatic carboxylic acids is 1. The molecule has 2 unspecified atom stereocenters. The summed E-state index contributed by atoms with van der Waals surface area (Å²) in [6, 6.07) is -1.23. The van der Waals surface area contributed by atoms with Gasteiger partial charge >= 0.3 is 5.97 Å². The van der Waals surface area contributed by atoms with Crippen LogP contribution >= 0.6 is 0 Å². The zero-order chi connectivity index (χ0) is 13.2. The van der Waals surface area contributed by atoms with E-state index in [9.17, 15) is 14.8 Å². The molecule has 0 aromatic rings. The second-order valence-electron chi connectivity index (χ2n) is 4.41. The molecule has 3 atom stereocenters. The summed E-state index contributed by atoms with van der Waals surface area (Å²) in [5.41, 5.74) is 5.01. The number of carbonyl (C=O) groups is 2. The molecule has 1 fully saturated rings. The summed E-state index contributed by atoms with van der Waals surface area (Å²) in [7, 11) is 0. The first-order valence-electron chi connectivity index (χ1n) is 5.55. The summed E-state index contributed by atoms with van der Waals surface area (Å²) < 4.78 is 0. The van der Waals surface area contributed by atoms with Crippen molar-refractivity contribution in [3.05, 3.63) is 5.21 Å². The number of primary amides is 1. The van der Waals surface area contributed by atoms with Gasteiger partial charge in [-0.15, -0.1) is 0 Å². The number of nitrogens with two attached hydrogens (primary N) is 1. The zero-order valence-electron chi connectivity index (χ0n) is 10.00. The molecule has 1 aliphatic heterocycles. The van der Waals surface area contributed by atoms with Crippen LogP contribution in [0.4, 0.5) is 0 Å². The normalized spacial score (nSPS) is 28.2. The van der Waals surface area contributed by atoms with Crippen molar-refractivity contribution in [3.8, 4) is 0 Å². The van der Waals surface area contributed by atoms with Gasteiger partial charge in [-0.05, 0) is 20.3 Å². The minimum atomic E-state index is -1.03. The summed E-state index contributed by atoms with van der Waals surface area (Å²) in [4.78, 5) is 23.4. The minimum Gasteiger partial charge on any atom is -0.784 e. The first-order chi connectivity index (χ1) is 7.84.